The van der Waals surface area contributed by atoms with Crippen molar-refractivity contribution in [2.24, 2.45) is 4.99 Å². The molecule has 186 valence electrons. The van der Waals surface area contributed by atoms with Crippen LogP contribution in [0.25, 0.3) is 0 Å². The molecule has 35 heavy (non-hydrogen) atoms. The van der Waals surface area contributed by atoms with E-state index in [9.17, 15) is 14.4 Å². The largest absolute Gasteiger partial charge is 0.481 e. The number of nitriles is 1. The average Bonchev–Trinajstić information content (AvgIpc) is 2.85. The van der Waals surface area contributed by atoms with Crippen LogP contribution >= 0.6 is 23.2 Å². The summed E-state index contributed by atoms with van der Waals surface area (Å²) in [6.07, 6.45) is 2.21. The number of aromatic nitrogens is 2. The Morgan fingerprint density at radius 3 is 2.66 bits per heavy atom. The number of rotatable bonds is 9. The van der Waals surface area contributed by atoms with E-state index in [-0.39, 0.29) is 46.6 Å². The quantitative estimate of drug-likeness (QED) is 0.213. The highest BCUT2D eigenvalue weighted by atomic mass is 35.5. The van der Waals surface area contributed by atoms with Gasteiger partial charge in [-0.05, 0) is 44.0 Å². The zero-order valence-corrected chi connectivity index (χ0v) is 21.7. The van der Waals surface area contributed by atoms with Crippen molar-refractivity contribution in [3.63, 3.8) is 0 Å². The van der Waals surface area contributed by atoms with Gasteiger partial charge in [-0.2, -0.15) is 5.26 Å². The third-order valence-electron chi connectivity index (χ3n) is 5.15. The van der Waals surface area contributed by atoms with Crippen LogP contribution in [0.5, 0.6) is 11.5 Å². The van der Waals surface area contributed by atoms with Gasteiger partial charge in [0, 0.05) is 22.7 Å². The molecular formula is C25H27Cl2FN4O3. The molecule has 1 unspecified atom stereocenters. The van der Waals surface area contributed by atoms with Crippen LogP contribution in [0.3, 0.4) is 0 Å². The molecule has 0 aliphatic carbocycles. The molecule has 1 aromatic heterocycles. The van der Waals surface area contributed by atoms with Crippen molar-refractivity contribution in [1.29, 1.82) is 5.26 Å². The van der Waals surface area contributed by atoms with E-state index in [1.807, 2.05) is 19.9 Å². The molecule has 1 atom stereocenters. The number of methoxy groups -OCH3 is 1. The third kappa shape index (κ3) is 7.17. The minimum absolute atomic E-state index is 0.0156. The maximum Gasteiger partial charge on any atom is 0.297 e. The molecule has 0 spiro atoms. The third-order valence-corrected chi connectivity index (χ3v) is 5.80. The second kappa shape index (κ2) is 13.1. The summed E-state index contributed by atoms with van der Waals surface area (Å²) in [5.41, 5.74) is 0.908. The zero-order valence-electron chi connectivity index (χ0n) is 20.2. The van der Waals surface area contributed by atoms with E-state index in [4.69, 9.17) is 32.7 Å². The predicted octanol–water partition coefficient (Wildman–Crippen LogP) is 6.51. The van der Waals surface area contributed by atoms with Crippen LogP contribution in [0.4, 0.5) is 4.39 Å². The summed E-state index contributed by atoms with van der Waals surface area (Å²) in [5, 5.41) is 9.94. The lowest BCUT2D eigenvalue weighted by atomic mass is 10.1. The number of ether oxygens (including phenoxy) is 2. The maximum absolute atomic E-state index is 14.7. The molecule has 0 amide bonds. The molecule has 10 heteroatoms. The normalized spacial score (nSPS) is 13.7. The SMILES string of the molecule is CCC(C)=C(Cl)C=C(Cn1cnc(C(F)CC)c(Oc2cc(Cl)cc(C#N)c2)c1=O)C(=NC)OC. The van der Waals surface area contributed by atoms with E-state index in [1.54, 1.807) is 20.0 Å². The maximum atomic E-state index is 14.7. The van der Waals surface area contributed by atoms with Crippen LogP contribution < -0.4 is 10.3 Å². The van der Waals surface area contributed by atoms with Crippen LogP contribution in [0.1, 0.15) is 51.0 Å². The molecule has 0 N–H and O–H groups in total. The smallest absolute Gasteiger partial charge is 0.297 e. The molecule has 2 aromatic rings. The van der Waals surface area contributed by atoms with Gasteiger partial charge >= 0.3 is 0 Å². The lowest BCUT2D eigenvalue weighted by molar-refractivity contribution is 0.311. The highest BCUT2D eigenvalue weighted by molar-refractivity contribution is 6.32. The summed E-state index contributed by atoms with van der Waals surface area (Å²) in [4.78, 5) is 21.7. The summed E-state index contributed by atoms with van der Waals surface area (Å²) in [6.45, 7) is 5.48. The van der Waals surface area contributed by atoms with Crippen LogP contribution in [0.15, 0.2) is 56.6 Å². The van der Waals surface area contributed by atoms with E-state index in [2.05, 4.69) is 9.98 Å². The Morgan fingerprint density at radius 1 is 1.37 bits per heavy atom. The number of hydrogen-bond donors (Lipinski definition) is 0. The van der Waals surface area contributed by atoms with Crippen LogP contribution in [-0.4, -0.2) is 29.6 Å². The fourth-order valence-corrected chi connectivity index (χ4v) is 3.57. The van der Waals surface area contributed by atoms with Gasteiger partial charge in [0.2, 0.25) is 11.6 Å². The average molecular weight is 521 g/mol. The number of halogens is 3. The van der Waals surface area contributed by atoms with Crippen LogP contribution in [0.2, 0.25) is 5.02 Å². The number of benzene rings is 1. The van der Waals surface area contributed by atoms with Crippen LogP contribution in [0, 0.1) is 11.3 Å². The molecule has 2 rings (SSSR count). The number of alkyl halides is 1. The number of aliphatic imine (C=N–C) groups is 1. The molecule has 0 radical (unpaired) electrons. The van der Waals surface area contributed by atoms with Crippen molar-refractivity contribution >= 4 is 29.1 Å². The zero-order chi connectivity index (χ0) is 26.1. The van der Waals surface area contributed by atoms with Gasteiger partial charge in [0.05, 0.1) is 31.6 Å². The number of allylic oxidation sites excluding steroid dienone is 3. The minimum Gasteiger partial charge on any atom is -0.481 e. The first kappa shape index (κ1) is 28.1. The predicted molar refractivity (Wildman–Crippen MR) is 136 cm³/mol. The van der Waals surface area contributed by atoms with E-state index < -0.39 is 11.7 Å². The molecule has 1 aromatic carbocycles. The summed E-state index contributed by atoms with van der Waals surface area (Å²) < 4.78 is 27.1. The molecule has 0 saturated carbocycles. The van der Waals surface area contributed by atoms with Gasteiger partial charge < -0.3 is 9.47 Å². The fourth-order valence-electron chi connectivity index (χ4n) is 3.08. The molecule has 1 heterocycles. The highest BCUT2D eigenvalue weighted by Crippen LogP contribution is 2.31. The second-order valence-electron chi connectivity index (χ2n) is 7.54. The van der Waals surface area contributed by atoms with Crippen molar-refractivity contribution in [1.82, 2.24) is 9.55 Å². The molecular weight excluding hydrogens is 494 g/mol. The van der Waals surface area contributed by atoms with Crippen molar-refractivity contribution in [3.05, 3.63) is 73.4 Å². The second-order valence-corrected chi connectivity index (χ2v) is 8.39. The van der Waals surface area contributed by atoms with E-state index in [0.29, 0.717) is 10.6 Å². The van der Waals surface area contributed by atoms with Gasteiger partial charge in [0.25, 0.3) is 5.56 Å². The van der Waals surface area contributed by atoms with Crippen molar-refractivity contribution in [3.8, 4) is 17.6 Å². The van der Waals surface area contributed by atoms with Gasteiger partial charge in [0.15, 0.2) is 0 Å². The van der Waals surface area contributed by atoms with Gasteiger partial charge in [-0.3, -0.25) is 14.4 Å². The first-order chi connectivity index (χ1) is 16.7. The summed E-state index contributed by atoms with van der Waals surface area (Å²) in [7, 11) is 3.01. The monoisotopic (exact) mass is 520 g/mol. The lowest BCUT2D eigenvalue weighted by Gasteiger charge is -2.16. The van der Waals surface area contributed by atoms with Crippen molar-refractivity contribution in [2.45, 2.75) is 46.3 Å². The molecule has 0 aliphatic heterocycles. The van der Waals surface area contributed by atoms with Crippen LogP contribution in [-0.2, 0) is 11.3 Å². The van der Waals surface area contributed by atoms with E-state index in [1.165, 1.54) is 36.2 Å². The summed E-state index contributed by atoms with van der Waals surface area (Å²) in [5.74, 6) is 0.0883. The first-order valence-corrected chi connectivity index (χ1v) is 11.6. The Balaban J connectivity index is 2.66. The van der Waals surface area contributed by atoms with Crippen molar-refractivity contribution < 1.29 is 13.9 Å². The minimum atomic E-state index is -1.53. The molecule has 0 saturated heterocycles. The van der Waals surface area contributed by atoms with Crippen molar-refractivity contribution in [2.75, 3.05) is 14.2 Å². The standard InChI is InChI=1S/C25H27Cl2FN4O3/c1-6-15(3)20(27)10-17(24(30-4)34-5)13-32-14-31-22(21(28)7-2)23(25(32)33)35-19-9-16(12-29)8-18(26)11-19/h8-11,14,21H,6-7,13H2,1-5H3. The first-order valence-electron chi connectivity index (χ1n) is 10.9. The van der Waals surface area contributed by atoms with E-state index in [0.717, 1.165) is 12.0 Å². The molecule has 0 bridgehead atoms. The highest BCUT2D eigenvalue weighted by Gasteiger charge is 2.22. The summed E-state index contributed by atoms with van der Waals surface area (Å²) in [6, 6.07) is 6.24. The van der Waals surface area contributed by atoms with Gasteiger partial charge in [0.1, 0.15) is 17.6 Å². The Kier molecular flexibility index (Phi) is 10.5. The Hall–Kier alpha value is -3.15. The van der Waals surface area contributed by atoms with E-state index >= 15 is 0 Å². The Labute approximate surface area is 214 Å². The number of hydrogen-bond acceptors (Lipinski definition) is 6. The lowest BCUT2D eigenvalue weighted by Crippen LogP contribution is -2.26. The molecule has 0 aliphatic rings. The summed E-state index contributed by atoms with van der Waals surface area (Å²) >= 11 is 12.5. The van der Waals surface area contributed by atoms with Gasteiger partial charge in [-0.1, -0.05) is 42.6 Å². The molecule has 7 nitrogen and oxygen atoms in total. The van der Waals surface area contributed by atoms with Gasteiger partial charge in [-0.15, -0.1) is 0 Å². The molecule has 0 fully saturated rings. The fraction of sp³-hybridized carbons (Fsp3) is 0.360. The number of nitrogens with zero attached hydrogens (tertiary/aromatic N) is 4. The Bertz CT molecular complexity index is 1260. The van der Waals surface area contributed by atoms with Gasteiger partial charge in [-0.25, -0.2) is 9.37 Å². The Morgan fingerprint density at radius 2 is 2.09 bits per heavy atom. The topological polar surface area (TPSA) is 89.5 Å².